The standard InChI is InChI=1S/C22H29N3O2S2/c1-12(16-10-13-7-8-14(16)9-13)23-18(26)11-28-22-24-20-19(21(27)25(22)2)15-5-3-4-6-17(15)29-20/h12-14,16H,3-11H2,1-2H3,(H,23,26). The molecular formula is C22H29N3O2S2. The molecule has 2 fully saturated rings. The fourth-order valence-corrected chi connectivity index (χ4v) is 7.92. The molecule has 4 unspecified atom stereocenters. The Labute approximate surface area is 179 Å². The Morgan fingerprint density at radius 2 is 2.14 bits per heavy atom. The van der Waals surface area contributed by atoms with Crippen molar-refractivity contribution in [3.05, 3.63) is 20.8 Å². The van der Waals surface area contributed by atoms with Gasteiger partial charge in [-0.05, 0) is 75.2 Å². The summed E-state index contributed by atoms with van der Waals surface area (Å²) in [5.41, 5.74) is 1.26. The van der Waals surface area contributed by atoms with Crippen molar-refractivity contribution in [1.82, 2.24) is 14.9 Å². The molecule has 7 heteroatoms. The number of rotatable bonds is 5. The van der Waals surface area contributed by atoms with Gasteiger partial charge in [0.2, 0.25) is 5.91 Å². The molecule has 0 aliphatic heterocycles. The van der Waals surface area contributed by atoms with E-state index in [1.807, 2.05) is 0 Å². The van der Waals surface area contributed by atoms with Crippen molar-refractivity contribution >= 4 is 39.2 Å². The van der Waals surface area contributed by atoms with Crippen LogP contribution in [-0.2, 0) is 24.7 Å². The van der Waals surface area contributed by atoms with Gasteiger partial charge in [0.15, 0.2) is 5.16 Å². The van der Waals surface area contributed by atoms with E-state index in [0.29, 0.717) is 16.8 Å². The molecule has 2 aromatic heterocycles. The fraction of sp³-hybridized carbons (Fsp3) is 0.682. The maximum absolute atomic E-state index is 13.0. The van der Waals surface area contributed by atoms with Gasteiger partial charge in [-0.15, -0.1) is 11.3 Å². The number of amides is 1. The molecule has 5 nitrogen and oxygen atoms in total. The van der Waals surface area contributed by atoms with E-state index in [1.165, 1.54) is 54.3 Å². The molecule has 1 N–H and O–H groups in total. The Balaban J connectivity index is 1.27. The van der Waals surface area contributed by atoms with Gasteiger partial charge in [-0.1, -0.05) is 18.2 Å². The monoisotopic (exact) mass is 431 g/mol. The zero-order valence-electron chi connectivity index (χ0n) is 17.2. The molecule has 156 valence electrons. The van der Waals surface area contributed by atoms with E-state index in [-0.39, 0.29) is 17.5 Å². The number of aryl methyl sites for hydroxylation is 2. The van der Waals surface area contributed by atoms with E-state index in [9.17, 15) is 9.59 Å². The molecule has 2 aromatic rings. The lowest BCUT2D eigenvalue weighted by molar-refractivity contribution is -0.119. The Kier molecular flexibility index (Phi) is 5.23. The van der Waals surface area contributed by atoms with Crippen LogP contribution < -0.4 is 10.9 Å². The first-order valence-electron chi connectivity index (χ1n) is 10.9. The summed E-state index contributed by atoms with van der Waals surface area (Å²) in [7, 11) is 1.78. The van der Waals surface area contributed by atoms with Gasteiger partial charge in [-0.2, -0.15) is 0 Å². The number of aromatic nitrogens is 2. The van der Waals surface area contributed by atoms with E-state index in [0.717, 1.165) is 41.3 Å². The van der Waals surface area contributed by atoms with Crippen LogP contribution in [0.4, 0.5) is 0 Å². The summed E-state index contributed by atoms with van der Waals surface area (Å²) >= 11 is 3.04. The molecule has 3 aliphatic carbocycles. The summed E-state index contributed by atoms with van der Waals surface area (Å²) < 4.78 is 1.63. The van der Waals surface area contributed by atoms with Gasteiger partial charge in [-0.3, -0.25) is 14.2 Å². The van der Waals surface area contributed by atoms with Crippen molar-refractivity contribution in [3.8, 4) is 0 Å². The SMILES string of the molecule is CC(NC(=O)CSc1nc2sc3c(c2c(=O)n1C)CCCC3)C1CC2CCC1C2. The van der Waals surface area contributed by atoms with E-state index in [2.05, 4.69) is 12.2 Å². The van der Waals surface area contributed by atoms with Crippen LogP contribution in [0, 0.1) is 17.8 Å². The van der Waals surface area contributed by atoms with Crippen molar-refractivity contribution in [2.45, 2.75) is 69.5 Å². The summed E-state index contributed by atoms with van der Waals surface area (Å²) in [5.74, 6) is 2.68. The highest BCUT2D eigenvalue weighted by molar-refractivity contribution is 7.99. The topological polar surface area (TPSA) is 64.0 Å². The number of fused-ring (bicyclic) bond motifs is 5. The quantitative estimate of drug-likeness (QED) is 0.576. The summed E-state index contributed by atoms with van der Waals surface area (Å²) in [6.07, 6.45) is 9.74. The highest BCUT2D eigenvalue weighted by atomic mass is 32.2. The molecule has 5 rings (SSSR count). The molecule has 4 atom stereocenters. The number of nitrogens with one attached hydrogen (secondary N) is 1. The Bertz CT molecular complexity index is 1010. The smallest absolute Gasteiger partial charge is 0.262 e. The van der Waals surface area contributed by atoms with E-state index >= 15 is 0 Å². The molecule has 0 aromatic carbocycles. The Morgan fingerprint density at radius 1 is 1.31 bits per heavy atom. The van der Waals surface area contributed by atoms with Crippen LogP contribution >= 0.6 is 23.1 Å². The Hall–Kier alpha value is -1.34. The third kappa shape index (κ3) is 3.54. The third-order valence-corrected chi connectivity index (χ3v) is 9.53. The van der Waals surface area contributed by atoms with Crippen LogP contribution in [0.2, 0.25) is 0 Å². The lowest BCUT2D eigenvalue weighted by Crippen LogP contribution is -2.41. The predicted octanol–water partition coefficient (Wildman–Crippen LogP) is 3.91. The summed E-state index contributed by atoms with van der Waals surface area (Å²) in [6.45, 7) is 2.16. The van der Waals surface area contributed by atoms with Crippen molar-refractivity contribution in [2.24, 2.45) is 24.8 Å². The van der Waals surface area contributed by atoms with Gasteiger partial charge in [0.05, 0.1) is 11.1 Å². The normalized spacial score (nSPS) is 26.6. The highest BCUT2D eigenvalue weighted by Crippen LogP contribution is 2.49. The summed E-state index contributed by atoms with van der Waals surface area (Å²) in [6, 6.07) is 0.238. The predicted molar refractivity (Wildman–Crippen MR) is 119 cm³/mol. The Morgan fingerprint density at radius 3 is 2.90 bits per heavy atom. The van der Waals surface area contributed by atoms with Gasteiger partial charge >= 0.3 is 0 Å². The molecule has 0 saturated heterocycles. The molecule has 2 bridgehead atoms. The fourth-order valence-electron chi connectivity index (χ4n) is 5.84. The summed E-state index contributed by atoms with van der Waals surface area (Å²) in [5, 5.41) is 4.67. The van der Waals surface area contributed by atoms with Crippen LogP contribution in [0.15, 0.2) is 9.95 Å². The maximum atomic E-state index is 13.0. The van der Waals surface area contributed by atoms with Crippen LogP contribution in [0.5, 0.6) is 0 Å². The molecule has 0 radical (unpaired) electrons. The number of hydrogen-bond donors (Lipinski definition) is 1. The molecule has 1 amide bonds. The highest BCUT2D eigenvalue weighted by Gasteiger charge is 2.42. The zero-order valence-corrected chi connectivity index (χ0v) is 18.8. The first kappa shape index (κ1) is 19.6. The minimum absolute atomic E-state index is 0.0349. The minimum Gasteiger partial charge on any atom is -0.353 e. The largest absolute Gasteiger partial charge is 0.353 e. The van der Waals surface area contributed by atoms with Gasteiger partial charge in [0.1, 0.15) is 4.83 Å². The van der Waals surface area contributed by atoms with Crippen molar-refractivity contribution < 1.29 is 4.79 Å². The van der Waals surface area contributed by atoms with Crippen LogP contribution in [-0.4, -0.2) is 27.3 Å². The second-order valence-electron chi connectivity index (χ2n) is 9.13. The molecule has 3 aliphatic rings. The number of carbonyl (C=O) groups is 1. The first-order valence-corrected chi connectivity index (χ1v) is 12.7. The average molecular weight is 432 g/mol. The third-order valence-electron chi connectivity index (χ3n) is 7.31. The van der Waals surface area contributed by atoms with Crippen molar-refractivity contribution in [3.63, 3.8) is 0 Å². The van der Waals surface area contributed by atoms with Gasteiger partial charge in [0.25, 0.3) is 5.56 Å². The van der Waals surface area contributed by atoms with E-state index < -0.39 is 0 Å². The molecular weight excluding hydrogens is 402 g/mol. The number of hydrogen-bond acceptors (Lipinski definition) is 5. The lowest BCUT2D eigenvalue weighted by Gasteiger charge is -2.28. The average Bonchev–Trinajstić information content (AvgIpc) is 3.43. The van der Waals surface area contributed by atoms with Gasteiger partial charge in [0, 0.05) is 18.0 Å². The second-order valence-corrected chi connectivity index (χ2v) is 11.2. The van der Waals surface area contributed by atoms with Crippen LogP contribution in [0.3, 0.4) is 0 Å². The minimum atomic E-state index is 0.0349. The number of nitrogens with zero attached hydrogens (tertiary/aromatic N) is 2. The first-order chi connectivity index (χ1) is 14.0. The number of carbonyl (C=O) groups excluding carboxylic acids is 1. The van der Waals surface area contributed by atoms with Crippen molar-refractivity contribution in [1.29, 1.82) is 0 Å². The number of thiophene rings is 1. The van der Waals surface area contributed by atoms with Crippen molar-refractivity contribution in [2.75, 3.05) is 5.75 Å². The lowest BCUT2D eigenvalue weighted by atomic mass is 9.84. The molecule has 29 heavy (non-hydrogen) atoms. The van der Waals surface area contributed by atoms with Gasteiger partial charge < -0.3 is 5.32 Å². The summed E-state index contributed by atoms with van der Waals surface area (Å²) in [4.78, 5) is 32.5. The zero-order chi connectivity index (χ0) is 20.1. The maximum Gasteiger partial charge on any atom is 0.262 e. The molecule has 2 heterocycles. The molecule has 2 saturated carbocycles. The van der Waals surface area contributed by atoms with E-state index in [4.69, 9.17) is 4.98 Å². The molecule has 0 spiro atoms. The number of thioether (sulfide) groups is 1. The van der Waals surface area contributed by atoms with Crippen LogP contribution in [0.25, 0.3) is 10.2 Å². The van der Waals surface area contributed by atoms with Gasteiger partial charge in [-0.25, -0.2) is 4.98 Å². The van der Waals surface area contributed by atoms with E-state index in [1.54, 1.807) is 23.0 Å². The van der Waals surface area contributed by atoms with Crippen LogP contribution in [0.1, 0.15) is 55.9 Å². The second kappa shape index (κ2) is 7.73.